The molecule has 1 N–H and O–H groups in total. The van der Waals surface area contributed by atoms with E-state index in [9.17, 15) is 18.0 Å². The summed E-state index contributed by atoms with van der Waals surface area (Å²) in [7, 11) is 0. The average molecular weight is 391 g/mol. The van der Waals surface area contributed by atoms with Crippen molar-refractivity contribution in [2.75, 3.05) is 5.32 Å². The first kappa shape index (κ1) is 14.8. The summed E-state index contributed by atoms with van der Waals surface area (Å²) in [6.07, 6.45) is -4.51. The molecule has 6 heteroatoms. The Bertz CT molecular complexity index is 626. The van der Waals surface area contributed by atoms with E-state index in [-0.39, 0.29) is 5.69 Å². The summed E-state index contributed by atoms with van der Waals surface area (Å²) >= 11 is 1.79. The fourth-order valence-electron chi connectivity index (χ4n) is 1.64. The molecular formula is C14H9F3INO. The highest BCUT2D eigenvalue weighted by Gasteiger charge is 2.34. The molecule has 0 aromatic heterocycles. The minimum Gasteiger partial charge on any atom is -0.321 e. The molecule has 20 heavy (non-hydrogen) atoms. The van der Waals surface area contributed by atoms with Gasteiger partial charge in [-0.1, -0.05) is 18.2 Å². The first-order valence-corrected chi connectivity index (χ1v) is 6.69. The Morgan fingerprint density at radius 3 is 2.30 bits per heavy atom. The Morgan fingerprint density at radius 1 is 1.05 bits per heavy atom. The first-order chi connectivity index (χ1) is 9.38. The van der Waals surface area contributed by atoms with Crippen molar-refractivity contribution < 1.29 is 18.0 Å². The van der Waals surface area contributed by atoms with Gasteiger partial charge in [-0.15, -0.1) is 0 Å². The number of halogens is 4. The van der Waals surface area contributed by atoms with E-state index in [4.69, 9.17) is 0 Å². The lowest BCUT2D eigenvalue weighted by Crippen LogP contribution is -2.16. The number of alkyl halides is 3. The molecule has 0 spiro atoms. The standard InChI is InChI=1S/C14H9F3INO/c15-14(16,17)11-8-10(18)6-7-12(11)19-13(20)9-4-2-1-3-5-9/h1-8H,(H,19,20). The molecule has 2 aromatic rings. The zero-order valence-corrected chi connectivity index (χ0v) is 12.2. The lowest BCUT2D eigenvalue weighted by atomic mass is 10.1. The van der Waals surface area contributed by atoms with E-state index in [1.165, 1.54) is 24.3 Å². The summed E-state index contributed by atoms with van der Waals surface area (Å²) in [4.78, 5) is 11.9. The maximum atomic E-state index is 12.9. The summed E-state index contributed by atoms with van der Waals surface area (Å²) in [6.45, 7) is 0. The predicted molar refractivity (Wildman–Crippen MR) is 78.6 cm³/mol. The second kappa shape index (κ2) is 5.82. The quantitative estimate of drug-likeness (QED) is 0.748. The van der Waals surface area contributed by atoms with Gasteiger partial charge in [0.1, 0.15) is 0 Å². The van der Waals surface area contributed by atoms with Crippen molar-refractivity contribution in [3.63, 3.8) is 0 Å². The van der Waals surface area contributed by atoms with Gasteiger partial charge in [0.25, 0.3) is 5.91 Å². The third-order valence-electron chi connectivity index (χ3n) is 2.57. The van der Waals surface area contributed by atoms with E-state index in [1.54, 1.807) is 40.8 Å². The Labute approximate surface area is 127 Å². The van der Waals surface area contributed by atoms with Crippen LogP contribution in [0.25, 0.3) is 0 Å². The highest BCUT2D eigenvalue weighted by Crippen LogP contribution is 2.35. The van der Waals surface area contributed by atoms with Crippen molar-refractivity contribution in [2.24, 2.45) is 0 Å². The number of hydrogen-bond donors (Lipinski definition) is 1. The van der Waals surface area contributed by atoms with E-state index in [1.807, 2.05) is 0 Å². The van der Waals surface area contributed by atoms with Gasteiger partial charge in [-0.05, 0) is 52.9 Å². The Kier molecular flexibility index (Phi) is 4.32. The fourth-order valence-corrected chi connectivity index (χ4v) is 2.14. The van der Waals surface area contributed by atoms with Crippen molar-refractivity contribution >= 4 is 34.2 Å². The third kappa shape index (κ3) is 3.50. The van der Waals surface area contributed by atoms with Crippen LogP contribution in [0.2, 0.25) is 0 Å². The third-order valence-corrected chi connectivity index (χ3v) is 3.24. The molecule has 0 radical (unpaired) electrons. The molecule has 0 atom stereocenters. The van der Waals surface area contributed by atoms with E-state index in [0.29, 0.717) is 9.13 Å². The van der Waals surface area contributed by atoms with Crippen LogP contribution < -0.4 is 5.32 Å². The van der Waals surface area contributed by atoms with Gasteiger partial charge in [0.15, 0.2) is 0 Å². The van der Waals surface area contributed by atoms with E-state index in [2.05, 4.69) is 5.32 Å². The normalized spacial score (nSPS) is 11.2. The number of carbonyl (C=O) groups is 1. The Hall–Kier alpha value is -1.57. The summed E-state index contributed by atoms with van der Waals surface area (Å²) < 4.78 is 39.2. The maximum absolute atomic E-state index is 12.9. The molecule has 0 fully saturated rings. The van der Waals surface area contributed by atoms with Gasteiger partial charge < -0.3 is 5.32 Å². The maximum Gasteiger partial charge on any atom is 0.418 e. The van der Waals surface area contributed by atoms with Gasteiger partial charge >= 0.3 is 6.18 Å². The summed E-state index contributed by atoms with van der Waals surface area (Å²) in [5.74, 6) is -0.572. The van der Waals surface area contributed by atoms with Crippen LogP contribution in [0.3, 0.4) is 0 Å². The lowest BCUT2D eigenvalue weighted by molar-refractivity contribution is -0.137. The first-order valence-electron chi connectivity index (χ1n) is 5.61. The van der Waals surface area contributed by atoms with Crippen molar-refractivity contribution in [3.05, 3.63) is 63.2 Å². The van der Waals surface area contributed by atoms with Crippen LogP contribution in [0, 0.1) is 3.57 Å². The van der Waals surface area contributed by atoms with Crippen LogP contribution in [-0.4, -0.2) is 5.91 Å². The van der Waals surface area contributed by atoms with Gasteiger partial charge in [-0.2, -0.15) is 13.2 Å². The van der Waals surface area contributed by atoms with Crippen LogP contribution in [0.5, 0.6) is 0 Å². The monoisotopic (exact) mass is 391 g/mol. The summed E-state index contributed by atoms with van der Waals surface area (Å²) in [5, 5.41) is 2.30. The molecular weight excluding hydrogens is 382 g/mol. The molecule has 0 aliphatic rings. The molecule has 2 aromatic carbocycles. The van der Waals surface area contributed by atoms with Crippen molar-refractivity contribution in [1.29, 1.82) is 0 Å². The van der Waals surface area contributed by atoms with Crippen LogP contribution in [-0.2, 0) is 6.18 Å². The lowest BCUT2D eigenvalue weighted by Gasteiger charge is -2.14. The SMILES string of the molecule is O=C(Nc1ccc(I)cc1C(F)(F)F)c1ccccc1. The number of amides is 1. The van der Waals surface area contributed by atoms with E-state index < -0.39 is 17.6 Å². The molecule has 0 saturated heterocycles. The van der Waals surface area contributed by atoms with Crippen molar-refractivity contribution in [2.45, 2.75) is 6.18 Å². The highest BCUT2D eigenvalue weighted by molar-refractivity contribution is 14.1. The molecule has 0 unspecified atom stereocenters. The molecule has 0 aliphatic carbocycles. The molecule has 1 amide bonds. The second-order valence-electron chi connectivity index (χ2n) is 4.01. The number of hydrogen-bond acceptors (Lipinski definition) is 1. The number of benzene rings is 2. The van der Waals surface area contributed by atoms with E-state index in [0.717, 1.165) is 6.07 Å². The van der Waals surface area contributed by atoms with Crippen LogP contribution in [0.1, 0.15) is 15.9 Å². The summed E-state index contributed by atoms with van der Waals surface area (Å²) in [6, 6.07) is 11.9. The molecule has 0 heterocycles. The topological polar surface area (TPSA) is 29.1 Å². The van der Waals surface area contributed by atoms with Gasteiger partial charge in [-0.25, -0.2) is 0 Å². The van der Waals surface area contributed by atoms with Crippen LogP contribution in [0.4, 0.5) is 18.9 Å². The molecule has 0 bridgehead atoms. The van der Waals surface area contributed by atoms with Crippen LogP contribution in [0.15, 0.2) is 48.5 Å². The summed E-state index contributed by atoms with van der Waals surface area (Å²) in [5.41, 5.74) is -0.792. The van der Waals surface area contributed by atoms with Gasteiger partial charge in [0, 0.05) is 9.13 Å². The second-order valence-corrected chi connectivity index (χ2v) is 5.25. The smallest absolute Gasteiger partial charge is 0.321 e. The minimum atomic E-state index is -4.51. The van der Waals surface area contributed by atoms with Crippen molar-refractivity contribution in [3.8, 4) is 0 Å². The minimum absolute atomic E-state index is 0.244. The van der Waals surface area contributed by atoms with Gasteiger partial charge in [0.05, 0.1) is 11.3 Å². The molecule has 0 saturated carbocycles. The average Bonchev–Trinajstić information content (AvgIpc) is 2.40. The fraction of sp³-hybridized carbons (Fsp3) is 0.0714. The number of anilines is 1. The van der Waals surface area contributed by atoms with Gasteiger partial charge in [-0.3, -0.25) is 4.79 Å². The Morgan fingerprint density at radius 2 is 1.70 bits per heavy atom. The largest absolute Gasteiger partial charge is 0.418 e. The number of rotatable bonds is 2. The number of carbonyl (C=O) groups excluding carboxylic acids is 1. The van der Waals surface area contributed by atoms with Crippen molar-refractivity contribution in [1.82, 2.24) is 0 Å². The van der Waals surface area contributed by atoms with Crippen LogP contribution >= 0.6 is 22.6 Å². The molecule has 2 rings (SSSR count). The van der Waals surface area contributed by atoms with Gasteiger partial charge in [0.2, 0.25) is 0 Å². The molecule has 0 aliphatic heterocycles. The number of nitrogens with one attached hydrogen (secondary N) is 1. The molecule has 2 nitrogen and oxygen atoms in total. The highest BCUT2D eigenvalue weighted by atomic mass is 127. The zero-order valence-electron chi connectivity index (χ0n) is 10.0. The zero-order chi connectivity index (χ0) is 14.8. The predicted octanol–water partition coefficient (Wildman–Crippen LogP) is 4.56. The molecule has 104 valence electrons. The van der Waals surface area contributed by atoms with E-state index >= 15 is 0 Å². The Balaban J connectivity index is 2.33.